The quantitative estimate of drug-likeness (QED) is 0.592. The lowest BCUT2D eigenvalue weighted by atomic mass is 10.1. The minimum absolute atomic E-state index is 0.0779. The van der Waals surface area contributed by atoms with E-state index in [1.54, 1.807) is 6.08 Å². The van der Waals surface area contributed by atoms with Crippen LogP contribution in [0.25, 0.3) is 0 Å². The van der Waals surface area contributed by atoms with E-state index in [0.717, 1.165) is 0 Å². The predicted molar refractivity (Wildman–Crippen MR) is 47.1 cm³/mol. The summed E-state index contributed by atoms with van der Waals surface area (Å²) in [6, 6.07) is 0. The minimum atomic E-state index is -0.0779. The first-order valence-electron chi connectivity index (χ1n) is 3.97. The van der Waals surface area contributed by atoms with Crippen molar-refractivity contribution < 1.29 is 1.41 Å². The van der Waals surface area contributed by atoms with Crippen LogP contribution in [0.5, 0.6) is 0 Å². The average molecular weight is 140 g/mol. The van der Waals surface area contributed by atoms with Gasteiger partial charge in [-0.05, 0) is 20.8 Å². The summed E-state index contributed by atoms with van der Waals surface area (Å²) in [4.78, 5) is 0. The van der Waals surface area contributed by atoms with Gasteiger partial charge in [0.2, 0.25) is 0 Å². The predicted octanol–water partition coefficient (Wildman–Crippen LogP) is 2.12. The average Bonchev–Trinajstić information content (AvgIpc) is 1.86. The van der Waals surface area contributed by atoms with Gasteiger partial charge < -0.3 is 5.31 Å². The Kier molecular flexibility index (Phi) is 3.23. The zero-order chi connectivity index (χ0) is 8.91. The van der Waals surface area contributed by atoms with Crippen LogP contribution in [0.2, 0.25) is 1.41 Å². The molecule has 0 saturated carbocycles. The summed E-state index contributed by atoms with van der Waals surface area (Å²) < 4.78 is 7.55. The Bertz CT molecular complexity index is 144. The first-order chi connectivity index (χ1) is 4.98. The molecule has 0 aromatic carbocycles. The molecule has 58 valence electrons. The minimum Gasteiger partial charge on any atom is -0.309 e. The standard InChI is InChI=1S/C9H17N/c1-5-6-7-8-10-9(2,3)4/h5-7,10H,1,8H2,2-4H3/i/hD. The first kappa shape index (κ1) is 7.55. The summed E-state index contributed by atoms with van der Waals surface area (Å²) in [6.45, 7) is 10.2. The van der Waals surface area contributed by atoms with Gasteiger partial charge in [0.05, 0.1) is 0 Å². The van der Waals surface area contributed by atoms with Crippen molar-refractivity contribution in [2.45, 2.75) is 26.3 Å². The maximum atomic E-state index is 7.55. The van der Waals surface area contributed by atoms with Gasteiger partial charge in [0.25, 0.3) is 0 Å². The van der Waals surface area contributed by atoms with Crippen LogP contribution in [-0.2, 0) is 0 Å². The van der Waals surface area contributed by atoms with E-state index in [2.05, 4.69) is 6.58 Å². The van der Waals surface area contributed by atoms with Crippen molar-refractivity contribution in [3.05, 3.63) is 24.8 Å². The second kappa shape index (κ2) is 4.29. The highest BCUT2D eigenvalue weighted by molar-refractivity contribution is 4.98. The summed E-state index contributed by atoms with van der Waals surface area (Å²) in [5, 5.41) is 1.53. The lowest BCUT2D eigenvalue weighted by Crippen LogP contribution is -2.35. The highest BCUT2D eigenvalue weighted by atomic mass is 14.9. The smallest absolute Gasteiger partial charge is 0.123 e. The van der Waals surface area contributed by atoms with Crippen LogP contribution in [0.4, 0.5) is 0 Å². The SMILES string of the molecule is [2H]N(CC=CC=C)C(C)(C)C. The molecule has 10 heavy (non-hydrogen) atoms. The second-order valence-corrected chi connectivity index (χ2v) is 3.18. The molecule has 0 aromatic rings. The summed E-state index contributed by atoms with van der Waals surface area (Å²) in [5.74, 6) is 0. The van der Waals surface area contributed by atoms with Crippen LogP contribution in [0.15, 0.2) is 24.8 Å². The molecule has 0 aliphatic rings. The highest BCUT2D eigenvalue weighted by Crippen LogP contribution is 1.96. The molecule has 0 aromatic heterocycles. The molecule has 0 saturated heterocycles. The summed E-state index contributed by atoms with van der Waals surface area (Å²) >= 11 is 0. The number of hydrogen-bond donors (Lipinski definition) is 1. The van der Waals surface area contributed by atoms with E-state index < -0.39 is 0 Å². The molecule has 0 spiro atoms. The fourth-order valence-electron chi connectivity index (χ4n) is 0.484. The highest BCUT2D eigenvalue weighted by Gasteiger charge is 2.05. The van der Waals surface area contributed by atoms with Gasteiger partial charge >= 0.3 is 0 Å². The zero-order valence-corrected chi connectivity index (χ0v) is 7.09. The van der Waals surface area contributed by atoms with E-state index in [9.17, 15) is 0 Å². The topological polar surface area (TPSA) is 12.0 Å². The van der Waals surface area contributed by atoms with Gasteiger partial charge in [-0.15, -0.1) is 0 Å². The van der Waals surface area contributed by atoms with Crippen LogP contribution < -0.4 is 5.31 Å². The molecule has 0 aliphatic heterocycles. The molecule has 0 radical (unpaired) electrons. The van der Waals surface area contributed by atoms with E-state index in [0.29, 0.717) is 6.54 Å². The molecule has 1 heteroatoms. The molecular weight excluding hydrogens is 122 g/mol. The monoisotopic (exact) mass is 140 g/mol. The van der Waals surface area contributed by atoms with Gasteiger partial charge in [-0.3, -0.25) is 0 Å². The molecule has 0 rings (SSSR count). The molecular formula is C9H17N. The normalized spacial score (nSPS) is 14.2. The first-order valence-corrected chi connectivity index (χ1v) is 3.52. The lowest BCUT2D eigenvalue weighted by molar-refractivity contribution is 0.449. The number of nitrogens with one attached hydrogen (secondary N) is 1. The van der Waals surface area contributed by atoms with E-state index in [1.165, 1.54) is 5.31 Å². The van der Waals surface area contributed by atoms with Crippen molar-refractivity contribution >= 4 is 0 Å². The molecule has 0 atom stereocenters. The number of rotatable bonds is 3. The van der Waals surface area contributed by atoms with E-state index in [4.69, 9.17) is 1.41 Å². The summed E-state index contributed by atoms with van der Waals surface area (Å²) in [7, 11) is 0. The van der Waals surface area contributed by atoms with Crippen molar-refractivity contribution in [1.82, 2.24) is 5.31 Å². The Morgan fingerprint density at radius 1 is 1.60 bits per heavy atom. The third kappa shape index (κ3) is 7.44. The molecule has 0 aliphatic carbocycles. The Balaban J connectivity index is 3.78. The van der Waals surface area contributed by atoms with Gasteiger partial charge in [0.1, 0.15) is 1.41 Å². The largest absolute Gasteiger partial charge is 0.309 e. The fraction of sp³-hybridized carbons (Fsp3) is 0.556. The van der Waals surface area contributed by atoms with Gasteiger partial charge in [0, 0.05) is 12.1 Å². The van der Waals surface area contributed by atoms with Gasteiger partial charge in [0.15, 0.2) is 0 Å². The molecule has 0 unspecified atom stereocenters. The number of hydrogen-bond acceptors (Lipinski definition) is 1. The maximum absolute atomic E-state index is 7.55. The van der Waals surface area contributed by atoms with Crippen molar-refractivity contribution in [2.24, 2.45) is 0 Å². The Labute approximate surface area is 65.3 Å². The Morgan fingerprint density at radius 2 is 2.20 bits per heavy atom. The van der Waals surface area contributed by atoms with Crippen molar-refractivity contribution in [3.8, 4) is 0 Å². The maximum Gasteiger partial charge on any atom is 0.123 e. The summed E-state index contributed by atoms with van der Waals surface area (Å²) in [5.41, 5.74) is -0.0779. The van der Waals surface area contributed by atoms with Gasteiger partial charge in [-0.2, -0.15) is 0 Å². The molecule has 0 bridgehead atoms. The van der Waals surface area contributed by atoms with Crippen LogP contribution in [0.1, 0.15) is 20.8 Å². The molecule has 0 amide bonds. The molecule has 1 nitrogen and oxygen atoms in total. The summed E-state index contributed by atoms with van der Waals surface area (Å²) in [6.07, 6.45) is 5.50. The Morgan fingerprint density at radius 3 is 2.60 bits per heavy atom. The van der Waals surface area contributed by atoms with E-state index in [-0.39, 0.29) is 5.54 Å². The lowest BCUT2D eigenvalue weighted by Gasteiger charge is -2.18. The van der Waals surface area contributed by atoms with Crippen molar-refractivity contribution in [2.75, 3.05) is 6.54 Å². The third-order valence-corrected chi connectivity index (χ3v) is 0.943. The van der Waals surface area contributed by atoms with E-state index in [1.807, 2.05) is 32.9 Å². The van der Waals surface area contributed by atoms with Crippen LogP contribution in [0.3, 0.4) is 0 Å². The van der Waals surface area contributed by atoms with Crippen molar-refractivity contribution in [1.29, 1.82) is 0 Å². The van der Waals surface area contributed by atoms with E-state index >= 15 is 0 Å². The molecule has 0 heterocycles. The Hall–Kier alpha value is -0.560. The van der Waals surface area contributed by atoms with Crippen LogP contribution >= 0.6 is 0 Å². The van der Waals surface area contributed by atoms with Crippen LogP contribution in [-0.4, -0.2) is 12.1 Å². The van der Waals surface area contributed by atoms with Gasteiger partial charge in [-0.25, -0.2) is 0 Å². The van der Waals surface area contributed by atoms with Crippen molar-refractivity contribution in [3.63, 3.8) is 0 Å². The number of allylic oxidation sites excluding steroid dienone is 2. The second-order valence-electron chi connectivity index (χ2n) is 3.18. The molecule has 1 N–H and O–H groups in total. The molecule has 0 fully saturated rings. The fourth-order valence-corrected chi connectivity index (χ4v) is 0.484. The van der Waals surface area contributed by atoms with Gasteiger partial charge in [-0.1, -0.05) is 24.8 Å². The third-order valence-electron chi connectivity index (χ3n) is 0.943. The zero-order valence-electron chi connectivity index (χ0n) is 8.09. The van der Waals surface area contributed by atoms with Crippen LogP contribution in [0, 0.1) is 0 Å².